The van der Waals surface area contributed by atoms with Crippen molar-refractivity contribution in [2.75, 3.05) is 6.61 Å². The maximum absolute atomic E-state index is 12.4. The maximum Gasteiger partial charge on any atom is 0.281 e. The molecule has 6 nitrogen and oxygen atoms in total. The first-order chi connectivity index (χ1) is 14.3. The summed E-state index contributed by atoms with van der Waals surface area (Å²) in [5, 5.41) is 3.54. The highest BCUT2D eigenvalue weighted by molar-refractivity contribution is 9.11. The number of ether oxygens (including phenoxy) is 1. The second kappa shape index (κ2) is 10.1. The van der Waals surface area contributed by atoms with Crippen LogP contribution >= 0.6 is 67.0 Å². The molecule has 3 rings (SSSR count). The van der Waals surface area contributed by atoms with E-state index in [1.54, 1.807) is 0 Å². The van der Waals surface area contributed by atoms with Gasteiger partial charge >= 0.3 is 0 Å². The van der Waals surface area contributed by atoms with E-state index in [0.29, 0.717) is 15.6 Å². The van der Waals surface area contributed by atoms with Crippen molar-refractivity contribution >= 4 is 94.0 Å². The molecule has 0 fully saturated rings. The predicted octanol–water partition coefficient (Wildman–Crippen LogP) is 5.10. The summed E-state index contributed by atoms with van der Waals surface area (Å²) in [7, 11) is 0. The van der Waals surface area contributed by atoms with E-state index in [-0.39, 0.29) is 11.7 Å². The molecular formula is C19H14Br2ClN3O3S2. The smallest absolute Gasteiger partial charge is 0.281 e. The zero-order chi connectivity index (χ0) is 21.8. The summed E-state index contributed by atoms with van der Waals surface area (Å²) in [5.41, 5.74) is 5.78. The van der Waals surface area contributed by atoms with Gasteiger partial charge in [-0.1, -0.05) is 45.7 Å². The van der Waals surface area contributed by atoms with Crippen LogP contribution in [0.15, 0.2) is 45.3 Å². The molecule has 2 aromatic carbocycles. The predicted molar refractivity (Wildman–Crippen MR) is 130 cm³/mol. The molecule has 0 aliphatic carbocycles. The van der Waals surface area contributed by atoms with Crippen molar-refractivity contribution in [2.24, 2.45) is 0 Å². The molecule has 0 saturated carbocycles. The van der Waals surface area contributed by atoms with Crippen LogP contribution in [0.1, 0.15) is 15.2 Å². The van der Waals surface area contributed by atoms with Gasteiger partial charge in [0.2, 0.25) is 0 Å². The average molecular weight is 592 g/mol. The SMILES string of the molecule is Cc1cc(Br)cc(Br)c1OCC(=O)NC(=S)NNC(=O)c1sc2ccccc2c1Cl. The molecule has 0 spiro atoms. The Morgan fingerprint density at radius 2 is 1.93 bits per heavy atom. The lowest BCUT2D eigenvalue weighted by Gasteiger charge is -2.13. The van der Waals surface area contributed by atoms with Crippen molar-refractivity contribution in [1.29, 1.82) is 0 Å². The number of carbonyl (C=O) groups is 2. The van der Waals surface area contributed by atoms with Gasteiger partial charge < -0.3 is 4.74 Å². The molecule has 0 bridgehead atoms. The zero-order valence-electron chi connectivity index (χ0n) is 15.3. The maximum atomic E-state index is 12.4. The van der Waals surface area contributed by atoms with E-state index in [2.05, 4.69) is 48.0 Å². The number of fused-ring (bicyclic) bond motifs is 1. The molecule has 0 aliphatic rings. The third-order valence-electron chi connectivity index (χ3n) is 3.83. The third-order valence-corrected chi connectivity index (χ3v) is 6.75. The van der Waals surface area contributed by atoms with Crippen LogP contribution in [-0.4, -0.2) is 23.5 Å². The second-order valence-electron chi connectivity index (χ2n) is 6.02. The van der Waals surface area contributed by atoms with E-state index in [1.165, 1.54) is 11.3 Å². The van der Waals surface area contributed by atoms with E-state index in [4.69, 9.17) is 28.6 Å². The highest BCUT2D eigenvalue weighted by Crippen LogP contribution is 2.35. The normalized spacial score (nSPS) is 10.5. The Balaban J connectivity index is 1.51. The van der Waals surface area contributed by atoms with Gasteiger partial charge in [-0.25, -0.2) is 0 Å². The molecule has 3 aromatic rings. The first-order valence-electron chi connectivity index (χ1n) is 8.42. The van der Waals surface area contributed by atoms with Crippen molar-refractivity contribution in [3.8, 4) is 5.75 Å². The highest BCUT2D eigenvalue weighted by Gasteiger charge is 2.17. The molecule has 0 unspecified atom stereocenters. The van der Waals surface area contributed by atoms with Crippen LogP contribution in [0.5, 0.6) is 5.75 Å². The van der Waals surface area contributed by atoms with E-state index >= 15 is 0 Å². The Labute approximate surface area is 203 Å². The first-order valence-corrected chi connectivity index (χ1v) is 11.6. The second-order valence-corrected chi connectivity index (χ2v) is 9.63. The van der Waals surface area contributed by atoms with Crippen LogP contribution < -0.4 is 20.9 Å². The molecule has 11 heteroatoms. The number of thiocarbonyl (C=S) groups is 1. The van der Waals surface area contributed by atoms with Gasteiger partial charge in [-0.15, -0.1) is 11.3 Å². The molecule has 156 valence electrons. The molecule has 1 aromatic heterocycles. The summed E-state index contributed by atoms with van der Waals surface area (Å²) in [5.74, 6) is -0.376. The van der Waals surface area contributed by atoms with Crippen LogP contribution in [0.3, 0.4) is 0 Å². The highest BCUT2D eigenvalue weighted by atomic mass is 79.9. The van der Waals surface area contributed by atoms with Crippen LogP contribution in [0, 0.1) is 6.92 Å². The number of hydrogen-bond acceptors (Lipinski definition) is 5. The number of nitrogens with one attached hydrogen (secondary N) is 3. The lowest BCUT2D eigenvalue weighted by atomic mass is 10.2. The molecule has 30 heavy (non-hydrogen) atoms. The average Bonchev–Trinajstić information content (AvgIpc) is 3.02. The van der Waals surface area contributed by atoms with Gasteiger partial charge in [-0.2, -0.15) is 0 Å². The molecule has 2 amide bonds. The topological polar surface area (TPSA) is 79.5 Å². The zero-order valence-corrected chi connectivity index (χ0v) is 20.9. The minimum Gasteiger partial charge on any atom is -0.482 e. The van der Waals surface area contributed by atoms with E-state index in [9.17, 15) is 9.59 Å². The first kappa shape index (κ1) is 23.0. The van der Waals surface area contributed by atoms with Gasteiger partial charge in [0.05, 0.1) is 9.50 Å². The number of thiophene rings is 1. The van der Waals surface area contributed by atoms with Gasteiger partial charge in [0, 0.05) is 14.6 Å². The minimum atomic E-state index is -0.476. The standard InChI is InChI=1S/C19H14Br2ClN3O3S2/c1-9-6-10(20)7-12(21)16(9)28-8-14(26)23-19(29)25-24-18(27)17-15(22)11-4-2-3-5-13(11)30-17/h2-7H,8H2,1H3,(H,24,27)(H2,23,25,26,29). The van der Waals surface area contributed by atoms with Crippen LogP contribution in [0.2, 0.25) is 5.02 Å². The van der Waals surface area contributed by atoms with Gasteiger partial charge in [0.25, 0.3) is 11.8 Å². The summed E-state index contributed by atoms with van der Waals surface area (Å²) in [6.07, 6.45) is 0. The fraction of sp³-hybridized carbons (Fsp3) is 0.105. The quantitative estimate of drug-likeness (QED) is 0.291. The van der Waals surface area contributed by atoms with E-state index in [0.717, 1.165) is 24.6 Å². The van der Waals surface area contributed by atoms with Gasteiger partial charge in [0.1, 0.15) is 10.6 Å². The molecule has 0 aliphatic heterocycles. The van der Waals surface area contributed by atoms with Gasteiger partial charge in [-0.3, -0.25) is 25.8 Å². The lowest BCUT2D eigenvalue weighted by molar-refractivity contribution is -0.121. The largest absolute Gasteiger partial charge is 0.482 e. The fourth-order valence-corrected chi connectivity index (χ4v) is 5.66. The fourth-order valence-electron chi connectivity index (χ4n) is 2.53. The summed E-state index contributed by atoms with van der Waals surface area (Å²) in [6.45, 7) is 1.61. The van der Waals surface area contributed by atoms with Gasteiger partial charge in [-0.05, 0) is 58.8 Å². The molecule has 0 saturated heterocycles. The molecular weight excluding hydrogens is 578 g/mol. The Morgan fingerprint density at radius 1 is 1.20 bits per heavy atom. The molecule has 0 radical (unpaired) electrons. The molecule has 1 heterocycles. The van der Waals surface area contributed by atoms with E-state index < -0.39 is 11.8 Å². The monoisotopic (exact) mass is 589 g/mol. The number of hydrogen-bond donors (Lipinski definition) is 3. The van der Waals surface area contributed by atoms with Gasteiger partial charge in [0.15, 0.2) is 11.7 Å². The Morgan fingerprint density at radius 3 is 2.63 bits per heavy atom. The van der Waals surface area contributed by atoms with Crippen LogP contribution in [0.4, 0.5) is 0 Å². The Kier molecular flexibility index (Phi) is 7.70. The van der Waals surface area contributed by atoms with Crippen molar-refractivity contribution in [1.82, 2.24) is 16.2 Å². The van der Waals surface area contributed by atoms with Crippen molar-refractivity contribution in [2.45, 2.75) is 6.92 Å². The minimum absolute atomic E-state index is 0.0687. The number of aryl methyl sites for hydroxylation is 1. The number of halogens is 3. The lowest BCUT2D eigenvalue weighted by Crippen LogP contribution is -2.49. The van der Waals surface area contributed by atoms with Crippen LogP contribution in [-0.2, 0) is 4.79 Å². The molecule has 3 N–H and O–H groups in total. The summed E-state index contributed by atoms with van der Waals surface area (Å²) in [4.78, 5) is 24.8. The van der Waals surface area contributed by atoms with Crippen molar-refractivity contribution in [3.63, 3.8) is 0 Å². The number of rotatable bonds is 4. The number of carbonyl (C=O) groups excluding carboxylic acids is 2. The number of amides is 2. The Bertz CT molecular complexity index is 1130. The van der Waals surface area contributed by atoms with Crippen LogP contribution in [0.25, 0.3) is 10.1 Å². The molecule has 0 atom stereocenters. The summed E-state index contributed by atoms with van der Waals surface area (Å²) >= 11 is 19.4. The van der Waals surface area contributed by atoms with Crippen molar-refractivity contribution < 1.29 is 14.3 Å². The summed E-state index contributed by atoms with van der Waals surface area (Å²) in [6, 6.07) is 11.1. The number of benzene rings is 2. The third kappa shape index (κ3) is 5.50. The summed E-state index contributed by atoms with van der Waals surface area (Å²) < 4.78 is 8.07. The van der Waals surface area contributed by atoms with Crippen molar-refractivity contribution in [3.05, 3.63) is 60.8 Å². The Hall–Kier alpha value is -1.72. The number of hydrazine groups is 1. The van der Waals surface area contributed by atoms with E-state index in [1.807, 2.05) is 43.3 Å².